The van der Waals surface area contributed by atoms with E-state index in [1.165, 1.54) is 5.56 Å². The highest BCUT2D eigenvalue weighted by molar-refractivity contribution is 5.79. The molecule has 1 unspecified atom stereocenters. The molecule has 23 heavy (non-hydrogen) atoms. The molecule has 0 amide bonds. The van der Waals surface area contributed by atoms with Gasteiger partial charge in [0.2, 0.25) is 0 Å². The van der Waals surface area contributed by atoms with E-state index in [1.54, 1.807) is 6.20 Å². The van der Waals surface area contributed by atoms with E-state index in [-0.39, 0.29) is 6.10 Å². The van der Waals surface area contributed by atoms with Gasteiger partial charge in [-0.25, -0.2) is 4.99 Å². The molecule has 1 atom stereocenters. The minimum Gasteiger partial charge on any atom is -0.488 e. The molecule has 0 radical (unpaired) electrons. The number of aliphatic imine (C=N–C) groups is 1. The number of aryl methyl sites for hydroxylation is 1. The third-order valence-electron chi connectivity index (χ3n) is 3.88. The van der Waals surface area contributed by atoms with E-state index in [4.69, 9.17) is 4.74 Å². The monoisotopic (exact) mass is 313 g/mol. The average Bonchev–Trinajstić information content (AvgIpc) is 3.15. The van der Waals surface area contributed by atoms with Gasteiger partial charge in [0.05, 0.1) is 18.8 Å². The van der Waals surface area contributed by atoms with Crippen LogP contribution in [0.1, 0.15) is 18.2 Å². The fraction of sp³-hybridized carbons (Fsp3) is 0.412. The molecule has 3 rings (SSSR count). The van der Waals surface area contributed by atoms with Crippen LogP contribution < -0.4 is 15.4 Å². The van der Waals surface area contributed by atoms with Crippen molar-refractivity contribution in [1.82, 2.24) is 20.4 Å². The lowest BCUT2D eigenvalue weighted by Gasteiger charge is -2.15. The van der Waals surface area contributed by atoms with Crippen molar-refractivity contribution in [1.29, 1.82) is 0 Å². The zero-order chi connectivity index (χ0) is 16.1. The number of nitrogens with zero attached hydrogens (tertiary/aromatic N) is 3. The van der Waals surface area contributed by atoms with Crippen LogP contribution in [0.2, 0.25) is 0 Å². The van der Waals surface area contributed by atoms with Crippen LogP contribution in [-0.2, 0) is 20.0 Å². The van der Waals surface area contributed by atoms with Crippen LogP contribution in [0.25, 0.3) is 0 Å². The number of hydrogen-bond acceptors (Lipinski definition) is 3. The lowest BCUT2D eigenvalue weighted by molar-refractivity contribution is 0.235. The van der Waals surface area contributed by atoms with Gasteiger partial charge in [-0.2, -0.15) is 5.10 Å². The molecule has 2 N–H and O–H groups in total. The average molecular weight is 313 g/mol. The molecule has 2 aromatic rings. The number of rotatable bonds is 5. The second-order valence-electron chi connectivity index (χ2n) is 5.57. The predicted octanol–water partition coefficient (Wildman–Crippen LogP) is 1.48. The minimum atomic E-state index is 0.146. The Labute approximate surface area is 136 Å². The van der Waals surface area contributed by atoms with Crippen molar-refractivity contribution in [3.63, 3.8) is 0 Å². The molecule has 1 aromatic carbocycles. The standard InChI is InChI=1S/C17H23N5O/c1-3-18-17(19-11-14-8-9-21-22(14)2)20-12-15-10-13-6-4-5-7-16(13)23-15/h4-9,15H,3,10-12H2,1-2H3,(H2,18,19,20). The maximum Gasteiger partial charge on any atom is 0.191 e. The Hall–Kier alpha value is -2.50. The molecular weight excluding hydrogens is 290 g/mol. The summed E-state index contributed by atoms with van der Waals surface area (Å²) in [6.45, 7) is 4.20. The fourth-order valence-electron chi connectivity index (χ4n) is 2.64. The van der Waals surface area contributed by atoms with Gasteiger partial charge in [0, 0.05) is 26.2 Å². The van der Waals surface area contributed by atoms with Gasteiger partial charge in [0.25, 0.3) is 0 Å². The number of ether oxygens (including phenoxy) is 1. The number of nitrogens with one attached hydrogen (secondary N) is 2. The van der Waals surface area contributed by atoms with E-state index >= 15 is 0 Å². The molecule has 0 saturated heterocycles. The molecule has 1 aliphatic rings. The molecule has 6 nitrogen and oxygen atoms in total. The maximum absolute atomic E-state index is 5.95. The highest BCUT2D eigenvalue weighted by atomic mass is 16.5. The third kappa shape index (κ3) is 3.83. The Morgan fingerprint density at radius 3 is 2.96 bits per heavy atom. The first kappa shape index (κ1) is 15.4. The van der Waals surface area contributed by atoms with Crippen molar-refractivity contribution < 1.29 is 4.74 Å². The predicted molar refractivity (Wildman–Crippen MR) is 90.6 cm³/mol. The van der Waals surface area contributed by atoms with Gasteiger partial charge in [-0.05, 0) is 24.6 Å². The van der Waals surface area contributed by atoms with Crippen LogP contribution in [0.3, 0.4) is 0 Å². The van der Waals surface area contributed by atoms with Crippen molar-refractivity contribution in [2.75, 3.05) is 13.1 Å². The number of para-hydroxylation sites is 1. The molecule has 1 aliphatic heterocycles. The van der Waals surface area contributed by atoms with Crippen molar-refractivity contribution in [2.45, 2.75) is 26.0 Å². The smallest absolute Gasteiger partial charge is 0.191 e. The first-order valence-electron chi connectivity index (χ1n) is 8.00. The van der Waals surface area contributed by atoms with Crippen molar-refractivity contribution in [2.24, 2.45) is 12.0 Å². The van der Waals surface area contributed by atoms with E-state index in [0.29, 0.717) is 6.54 Å². The second kappa shape index (κ2) is 7.17. The van der Waals surface area contributed by atoms with Crippen LogP contribution in [0, 0.1) is 0 Å². The summed E-state index contributed by atoms with van der Waals surface area (Å²) in [6.07, 6.45) is 2.87. The molecular formula is C17H23N5O. The molecule has 0 spiro atoms. The van der Waals surface area contributed by atoms with Gasteiger partial charge in [-0.3, -0.25) is 4.68 Å². The van der Waals surface area contributed by atoms with Crippen LogP contribution in [-0.4, -0.2) is 34.9 Å². The molecule has 1 aromatic heterocycles. The Morgan fingerprint density at radius 1 is 1.35 bits per heavy atom. The van der Waals surface area contributed by atoms with Crippen molar-refractivity contribution in [3.05, 3.63) is 47.8 Å². The molecule has 2 heterocycles. The maximum atomic E-state index is 5.95. The SMILES string of the molecule is CCNC(=NCc1ccnn1C)NCC1Cc2ccccc2O1. The first-order chi connectivity index (χ1) is 11.3. The summed E-state index contributed by atoms with van der Waals surface area (Å²) in [6, 6.07) is 10.2. The zero-order valence-electron chi connectivity index (χ0n) is 13.6. The summed E-state index contributed by atoms with van der Waals surface area (Å²) < 4.78 is 7.78. The Balaban J connectivity index is 1.55. The molecule has 122 valence electrons. The van der Waals surface area contributed by atoms with Crippen molar-refractivity contribution >= 4 is 5.96 Å². The van der Waals surface area contributed by atoms with Gasteiger partial charge in [0.1, 0.15) is 11.9 Å². The molecule has 0 aliphatic carbocycles. The highest BCUT2D eigenvalue weighted by Crippen LogP contribution is 2.27. The fourth-order valence-corrected chi connectivity index (χ4v) is 2.64. The summed E-state index contributed by atoms with van der Waals surface area (Å²) >= 11 is 0. The highest BCUT2D eigenvalue weighted by Gasteiger charge is 2.22. The number of fused-ring (bicyclic) bond motifs is 1. The Kier molecular flexibility index (Phi) is 4.80. The summed E-state index contributed by atoms with van der Waals surface area (Å²) in [5.74, 6) is 1.80. The second-order valence-corrected chi connectivity index (χ2v) is 5.57. The topological polar surface area (TPSA) is 63.5 Å². The zero-order valence-corrected chi connectivity index (χ0v) is 13.6. The van der Waals surface area contributed by atoms with E-state index in [0.717, 1.165) is 36.9 Å². The third-order valence-corrected chi connectivity index (χ3v) is 3.88. The molecule has 0 fully saturated rings. The van der Waals surface area contributed by atoms with Gasteiger partial charge in [-0.15, -0.1) is 0 Å². The summed E-state index contributed by atoms with van der Waals surface area (Å²) in [4.78, 5) is 4.60. The first-order valence-corrected chi connectivity index (χ1v) is 8.00. The van der Waals surface area contributed by atoms with E-state index in [2.05, 4.69) is 39.8 Å². The summed E-state index contributed by atoms with van der Waals surface area (Å²) in [5.41, 5.74) is 2.35. The van der Waals surface area contributed by atoms with Crippen LogP contribution >= 0.6 is 0 Å². The lowest BCUT2D eigenvalue weighted by atomic mass is 10.1. The number of guanidine groups is 1. The number of hydrogen-bond donors (Lipinski definition) is 2. The lowest BCUT2D eigenvalue weighted by Crippen LogP contribution is -2.42. The Morgan fingerprint density at radius 2 is 2.22 bits per heavy atom. The van der Waals surface area contributed by atoms with Crippen LogP contribution in [0.5, 0.6) is 5.75 Å². The minimum absolute atomic E-state index is 0.146. The molecule has 0 bridgehead atoms. The van der Waals surface area contributed by atoms with Gasteiger partial charge < -0.3 is 15.4 Å². The molecule has 6 heteroatoms. The quantitative estimate of drug-likeness (QED) is 0.648. The van der Waals surface area contributed by atoms with Gasteiger partial charge >= 0.3 is 0 Å². The largest absolute Gasteiger partial charge is 0.488 e. The van der Waals surface area contributed by atoms with Crippen LogP contribution in [0.15, 0.2) is 41.5 Å². The van der Waals surface area contributed by atoms with E-state index < -0.39 is 0 Å². The van der Waals surface area contributed by atoms with Crippen molar-refractivity contribution in [3.8, 4) is 5.75 Å². The summed E-state index contributed by atoms with van der Waals surface area (Å²) in [5, 5.41) is 10.8. The van der Waals surface area contributed by atoms with Crippen LogP contribution in [0.4, 0.5) is 0 Å². The summed E-state index contributed by atoms with van der Waals surface area (Å²) in [7, 11) is 1.93. The normalized spacial score (nSPS) is 16.8. The number of benzene rings is 1. The van der Waals surface area contributed by atoms with E-state index in [9.17, 15) is 0 Å². The number of aromatic nitrogens is 2. The van der Waals surface area contributed by atoms with E-state index in [1.807, 2.05) is 29.9 Å². The van der Waals surface area contributed by atoms with Gasteiger partial charge in [-0.1, -0.05) is 18.2 Å². The Bertz CT molecular complexity index is 654. The molecule has 0 saturated carbocycles. The van der Waals surface area contributed by atoms with Gasteiger partial charge in [0.15, 0.2) is 5.96 Å².